The maximum absolute atomic E-state index is 11.4. The smallest absolute Gasteiger partial charge is 0.337 e. The minimum Gasteiger partial charge on any atom is -0.478 e. The topological polar surface area (TPSA) is 66.6 Å². The van der Waals surface area contributed by atoms with Crippen molar-refractivity contribution in [2.45, 2.75) is 13.8 Å². The van der Waals surface area contributed by atoms with E-state index in [0.29, 0.717) is 17.9 Å². The highest BCUT2D eigenvalue weighted by molar-refractivity contribution is 5.99. The van der Waals surface area contributed by atoms with Crippen molar-refractivity contribution in [3.63, 3.8) is 0 Å². The van der Waals surface area contributed by atoms with E-state index < -0.39 is 5.97 Å². The number of nitrogen functional groups attached to an aromatic ring is 1. The number of anilines is 3. The molecule has 2 rings (SSSR count). The fraction of sp³-hybridized carbons (Fsp3) is 0.188. The largest absolute Gasteiger partial charge is 0.478 e. The lowest BCUT2D eigenvalue weighted by Crippen LogP contribution is -2.20. The molecule has 0 saturated heterocycles. The number of para-hydroxylation sites is 1. The highest BCUT2D eigenvalue weighted by atomic mass is 16.4. The zero-order valence-electron chi connectivity index (χ0n) is 11.6. The lowest BCUT2D eigenvalue weighted by atomic mass is 10.1. The number of nitrogens with zero attached hydrogens (tertiary/aromatic N) is 1. The number of benzene rings is 2. The quantitative estimate of drug-likeness (QED) is 0.835. The molecule has 0 unspecified atom stereocenters. The van der Waals surface area contributed by atoms with Crippen molar-refractivity contribution in [1.29, 1.82) is 0 Å². The van der Waals surface area contributed by atoms with E-state index in [1.54, 1.807) is 18.2 Å². The number of nitrogens with two attached hydrogens (primary N) is 1. The number of carboxylic acids is 1. The first-order chi connectivity index (χ1) is 9.54. The van der Waals surface area contributed by atoms with Crippen molar-refractivity contribution in [3.8, 4) is 0 Å². The van der Waals surface area contributed by atoms with Crippen LogP contribution in [0.25, 0.3) is 0 Å². The van der Waals surface area contributed by atoms with Gasteiger partial charge in [-0.3, -0.25) is 0 Å². The summed E-state index contributed by atoms with van der Waals surface area (Å²) in [5.41, 5.74) is 9.31. The van der Waals surface area contributed by atoms with Gasteiger partial charge in [-0.1, -0.05) is 23.8 Å². The normalized spacial score (nSPS) is 10.3. The van der Waals surface area contributed by atoms with Crippen molar-refractivity contribution < 1.29 is 9.90 Å². The Morgan fingerprint density at radius 1 is 1.20 bits per heavy atom. The van der Waals surface area contributed by atoms with Gasteiger partial charge in [0.15, 0.2) is 0 Å². The number of aryl methyl sites for hydroxylation is 1. The lowest BCUT2D eigenvalue weighted by molar-refractivity contribution is 0.0697. The molecule has 0 radical (unpaired) electrons. The van der Waals surface area contributed by atoms with Crippen LogP contribution in [0.2, 0.25) is 0 Å². The van der Waals surface area contributed by atoms with Crippen molar-refractivity contribution >= 4 is 23.0 Å². The molecule has 104 valence electrons. The van der Waals surface area contributed by atoms with Crippen LogP contribution in [0.3, 0.4) is 0 Å². The average Bonchev–Trinajstić information content (AvgIpc) is 2.43. The number of aromatic carboxylic acids is 1. The summed E-state index contributed by atoms with van der Waals surface area (Å²) in [6.07, 6.45) is 0. The van der Waals surface area contributed by atoms with Crippen LogP contribution >= 0.6 is 0 Å². The number of rotatable bonds is 4. The molecule has 0 fully saturated rings. The Labute approximate surface area is 118 Å². The fourth-order valence-corrected chi connectivity index (χ4v) is 2.23. The maximum atomic E-state index is 11.4. The first-order valence-electron chi connectivity index (χ1n) is 6.50. The first kappa shape index (κ1) is 13.9. The third-order valence-corrected chi connectivity index (χ3v) is 3.23. The highest BCUT2D eigenvalue weighted by Crippen LogP contribution is 2.33. The van der Waals surface area contributed by atoms with Gasteiger partial charge in [-0.25, -0.2) is 4.79 Å². The van der Waals surface area contributed by atoms with Crippen LogP contribution in [0, 0.1) is 6.92 Å². The molecule has 0 spiro atoms. The van der Waals surface area contributed by atoms with Gasteiger partial charge in [0.25, 0.3) is 0 Å². The molecule has 4 heteroatoms. The van der Waals surface area contributed by atoms with Crippen molar-refractivity contribution in [3.05, 3.63) is 53.6 Å². The number of carboxylic acid groups (broad SMARTS) is 1. The van der Waals surface area contributed by atoms with Crippen LogP contribution in [0.1, 0.15) is 22.8 Å². The zero-order chi connectivity index (χ0) is 14.7. The summed E-state index contributed by atoms with van der Waals surface area (Å²) in [5, 5.41) is 9.34. The van der Waals surface area contributed by atoms with E-state index in [2.05, 4.69) is 0 Å². The first-order valence-corrected chi connectivity index (χ1v) is 6.50. The molecule has 0 saturated carbocycles. The number of carbonyl (C=O) groups is 1. The van der Waals surface area contributed by atoms with Gasteiger partial charge in [0.2, 0.25) is 0 Å². The number of hydrogen-bond acceptors (Lipinski definition) is 3. The molecule has 2 aromatic carbocycles. The van der Waals surface area contributed by atoms with Crippen molar-refractivity contribution in [2.24, 2.45) is 0 Å². The fourth-order valence-electron chi connectivity index (χ4n) is 2.23. The van der Waals surface area contributed by atoms with Crippen molar-refractivity contribution in [1.82, 2.24) is 0 Å². The lowest BCUT2D eigenvalue weighted by Gasteiger charge is -2.26. The molecule has 3 N–H and O–H groups in total. The summed E-state index contributed by atoms with van der Waals surface area (Å²) in [5.74, 6) is -0.974. The highest BCUT2D eigenvalue weighted by Gasteiger charge is 2.18. The van der Waals surface area contributed by atoms with Gasteiger partial charge >= 0.3 is 5.97 Å². The summed E-state index contributed by atoms with van der Waals surface area (Å²) >= 11 is 0. The van der Waals surface area contributed by atoms with Crippen LogP contribution in [-0.4, -0.2) is 17.6 Å². The molecular formula is C16H18N2O2. The second-order valence-corrected chi connectivity index (χ2v) is 4.63. The second kappa shape index (κ2) is 5.65. The van der Waals surface area contributed by atoms with Gasteiger partial charge in [0.05, 0.1) is 16.9 Å². The molecule has 2 aromatic rings. The van der Waals surface area contributed by atoms with E-state index >= 15 is 0 Å². The molecular weight excluding hydrogens is 252 g/mol. The van der Waals surface area contributed by atoms with Crippen LogP contribution in [0.5, 0.6) is 0 Å². The van der Waals surface area contributed by atoms with E-state index in [1.165, 1.54) is 0 Å². The van der Waals surface area contributed by atoms with Crippen LogP contribution < -0.4 is 10.6 Å². The van der Waals surface area contributed by atoms with E-state index in [1.807, 2.05) is 43.0 Å². The molecule has 4 nitrogen and oxygen atoms in total. The third-order valence-electron chi connectivity index (χ3n) is 3.23. The van der Waals surface area contributed by atoms with Gasteiger partial charge < -0.3 is 15.7 Å². The summed E-state index contributed by atoms with van der Waals surface area (Å²) in [4.78, 5) is 13.3. The van der Waals surface area contributed by atoms with Gasteiger partial charge in [0, 0.05) is 12.2 Å². The van der Waals surface area contributed by atoms with Gasteiger partial charge in [-0.05, 0) is 38.1 Å². The Hall–Kier alpha value is -2.49. The SMILES string of the molecule is CCN(c1ccc(C)cc1)c1c(N)cccc1C(=O)O. The Morgan fingerprint density at radius 2 is 1.85 bits per heavy atom. The van der Waals surface area contributed by atoms with Crippen LogP contribution in [-0.2, 0) is 0 Å². The Balaban J connectivity index is 2.57. The Bertz CT molecular complexity index is 621. The second-order valence-electron chi connectivity index (χ2n) is 4.63. The van der Waals surface area contributed by atoms with Crippen LogP contribution in [0.4, 0.5) is 17.1 Å². The van der Waals surface area contributed by atoms with E-state index in [0.717, 1.165) is 11.3 Å². The molecule has 0 aliphatic rings. The molecule has 0 amide bonds. The Morgan fingerprint density at radius 3 is 2.40 bits per heavy atom. The standard InChI is InChI=1S/C16H18N2O2/c1-3-18(12-9-7-11(2)8-10-12)15-13(16(19)20)5-4-6-14(15)17/h4-10H,3,17H2,1-2H3,(H,19,20). The molecule has 0 heterocycles. The minimum absolute atomic E-state index is 0.215. The van der Waals surface area contributed by atoms with E-state index in [4.69, 9.17) is 5.73 Å². The molecule has 20 heavy (non-hydrogen) atoms. The van der Waals surface area contributed by atoms with E-state index in [-0.39, 0.29) is 5.56 Å². The molecule has 0 aliphatic carbocycles. The molecule has 0 aliphatic heterocycles. The molecule has 0 atom stereocenters. The van der Waals surface area contributed by atoms with Gasteiger partial charge in [-0.2, -0.15) is 0 Å². The monoisotopic (exact) mass is 270 g/mol. The summed E-state index contributed by atoms with van der Waals surface area (Å²) in [6.45, 7) is 4.62. The summed E-state index contributed by atoms with van der Waals surface area (Å²) in [7, 11) is 0. The average molecular weight is 270 g/mol. The van der Waals surface area contributed by atoms with Crippen molar-refractivity contribution in [2.75, 3.05) is 17.2 Å². The maximum Gasteiger partial charge on any atom is 0.337 e. The predicted molar refractivity (Wildman–Crippen MR) is 81.7 cm³/mol. The molecule has 0 aromatic heterocycles. The number of hydrogen-bond donors (Lipinski definition) is 2. The van der Waals surface area contributed by atoms with Gasteiger partial charge in [0.1, 0.15) is 0 Å². The molecule has 0 bridgehead atoms. The van der Waals surface area contributed by atoms with Crippen LogP contribution in [0.15, 0.2) is 42.5 Å². The predicted octanol–water partition coefficient (Wildman–Crippen LogP) is 3.43. The Kier molecular flexibility index (Phi) is 3.94. The minimum atomic E-state index is -0.974. The third kappa shape index (κ3) is 2.59. The van der Waals surface area contributed by atoms with E-state index in [9.17, 15) is 9.90 Å². The zero-order valence-corrected chi connectivity index (χ0v) is 11.6. The van der Waals surface area contributed by atoms with Gasteiger partial charge in [-0.15, -0.1) is 0 Å². The summed E-state index contributed by atoms with van der Waals surface area (Å²) < 4.78 is 0. The summed E-state index contributed by atoms with van der Waals surface area (Å²) in [6, 6.07) is 12.9.